The van der Waals surface area contributed by atoms with Gasteiger partial charge in [-0.3, -0.25) is 4.79 Å². The molecule has 98 valence electrons. The lowest BCUT2D eigenvalue weighted by Gasteiger charge is -2.06. The van der Waals surface area contributed by atoms with Crippen LogP contribution in [0.5, 0.6) is 0 Å². The number of hydrogen-bond donors (Lipinski definition) is 1. The fourth-order valence-corrected chi connectivity index (χ4v) is 2.46. The Morgan fingerprint density at radius 3 is 2.74 bits per heavy atom. The minimum atomic E-state index is 0.00484. The second-order valence-electron chi connectivity index (χ2n) is 4.13. The van der Waals surface area contributed by atoms with E-state index >= 15 is 0 Å². The molecule has 0 bridgehead atoms. The maximum Gasteiger partial charge on any atom is 0.226 e. The SMILES string of the molecule is Cc1cccnc1NC(=O)CCSc1ccccc1. The van der Waals surface area contributed by atoms with Crippen LogP contribution in [-0.2, 0) is 4.79 Å². The average molecular weight is 272 g/mol. The molecule has 0 aliphatic rings. The Labute approximate surface area is 117 Å². The van der Waals surface area contributed by atoms with Crippen LogP contribution in [0.4, 0.5) is 5.82 Å². The highest BCUT2D eigenvalue weighted by atomic mass is 32.2. The Morgan fingerprint density at radius 2 is 2.00 bits per heavy atom. The molecule has 0 unspecified atom stereocenters. The summed E-state index contributed by atoms with van der Waals surface area (Å²) in [6.45, 7) is 1.93. The third-order valence-corrected chi connectivity index (χ3v) is 3.62. The number of thioether (sulfide) groups is 1. The summed E-state index contributed by atoms with van der Waals surface area (Å²) in [5.41, 5.74) is 0.978. The zero-order valence-corrected chi connectivity index (χ0v) is 11.6. The Bertz CT molecular complexity index is 543. The zero-order chi connectivity index (χ0) is 13.5. The monoisotopic (exact) mass is 272 g/mol. The van der Waals surface area contributed by atoms with Gasteiger partial charge in [0.2, 0.25) is 5.91 Å². The zero-order valence-electron chi connectivity index (χ0n) is 10.8. The van der Waals surface area contributed by atoms with E-state index in [-0.39, 0.29) is 5.91 Å². The Kier molecular flexibility index (Phi) is 4.98. The van der Waals surface area contributed by atoms with Crippen molar-refractivity contribution < 1.29 is 4.79 Å². The van der Waals surface area contributed by atoms with Crippen molar-refractivity contribution in [1.29, 1.82) is 0 Å². The van der Waals surface area contributed by atoms with Crippen molar-refractivity contribution >= 4 is 23.5 Å². The highest BCUT2D eigenvalue weighted by Gasteiger charge is 2.05. The molecule has 1 aromatic carbocycles. The van der Waals surface area contributed by atoms with Crippen molar-refractivity contribution in [1.82, 2.24) is 4.98 Å². The number of anilines is 1. The standard InChI is InChI=1S/C15H16N2OS/c1-12-6-5-10-16-15(12)17-14(18)9-11-19-13-7-3-2-4-8-13/h2-8,10H,9,11H2,1H3,(H,16,17,18). The molecule has 2 rings (SSSR count). The van der Waals surface area contributed by atoms with Crippen molar-refractivity contribution in [3.63, 3.8) is 0 Å². The highest BCUT2D eigenvalue weighted by molar-refractivity contribution is 7.99. The van der Waals surface area contributed by atoms with E-state index in [2.05, 4.69) is 10.3 Å². The lowest BCUT2D eigenvalue weighted by atomic mass is 10.3. The van der Waals surface area contributed by atoms with Crippen LogP contribution in [0.3, 0.4) is 0 Å². The van der Waals surface area contributed by atoms with Crippen LogP contribution in [0.2, 0.25) is 0 Å². The number of carbonyl (C=O) groups is 1. The summed E-state index contributed by atoms with van der Waals surface area (Å²) in [6.07, 6.45) is 2.16. The summed E-state index contributed by atoms with van der Waals surface area (Å²) in [5.74, 6) is 1.42. The van der Waals surface area contributed by atoms with E-state index in [0.29, 0.717) is 12.2 Å². The van der Waals surface area contributed by atoms with Crippen molar-refractivity contribution in [3.05, 3.63) is 54.2 Å². The molecule has 0 spiro atoms. The molecule has 2 aromatic rings. The fraction of sp³-hybridized carbons (Fsp3) is 0.200. The van der Waals surface area contributed by atoms with Crippen LogP contribution >= 0.6 is 11.8 Å². The highest BCUT2D eigenvalue weighted by Crippen LogP contribution is 2.18. The summed E-state index contributed by atoms with van der Waals surface area (Å²) >= 11 is 1.68. The van der Waals surface area contributed by atoms with Gasteiger partial charge in [-0.15, -0.1) is 11.8 Å². The second kappa shape index (κ2) is 6.95. The predicted molar refractivity (Wildman–Crippen MR) is 79.4 cm³/mol. The molecule has 1 heterocycles. The number of aromatic nitrogens is 1. The summed E-state index contributed by atoms with van der Waals surface area (Å²) < 4.78 is 0. The van der Waals surface area contributed by atoms with Gasteiger partial charge in [-0.05, 0) is 30.7 Å². The number of aryl methyl sites for hydroxylation is 1. The van der Waals surface area contributed by atoms with Gasteiger partial charge in [0.1, 0.15) is 5.82 Å². The predicted octanol–water partition coefficient (Wildman–Crippen LogP) is 3.51. The molecule has 0 aliphatic carbocycles. The largest absolute Gasteiger partial charge is 0.310 e. The summed E-state index contributed by atoms with van der Waals surface area (Å²) in [7, 11) is 0. The maximum absolute atomic E-state index is 11.8. The van der Waals surface area contributed by atoms with Gasteiger partial charge >= 0.3 is 0 Å². The van der Waals surface area contributed by atoms with Gasteiger partial charge in [0.05, 0.1) is 0 Å². The van der Waals surface area contributed by atoms with Crippen LogP contribution in [0.25, 0.3) is 0 Å². The molecule has 1 amide bonds. The Hall–Kier alpha value is -1.81. The van der Waals surface area contributed by atoms with Crippen LogP contribution < -0.4 is 5.32 Å². The minimum Gasteiger partial charge on any atom is -0.310 e. The number of rotatable bonds is 5. The molecule has 0 radical (unpaired) electrons. The molecular formula is C15H16N2OS. The normalized spacial score (nSPS) is 10.2. The van der Waals surface area contributed by atoms with Crippen molar-refractivity contribution in [2.45, 2.75) is 18.2 Å². The number of nitrogens with one attached hydrogen (secondary N) is 1. The smallest absolute Gasteiger partial charge is 0.226 e. The van der Waals surface area contributed by atoms with Gasteiger partial charge in [0.15, 0.2) is 0 Å². The molecule has 0 fully saturated rings. The van der Waals surface area contributed by atoms with Crippen molar-refractivity contribution in [3.8, 4) is 0 Å². The third-order valence-electron chi connectivity index (χ3n) is 2.61. The first-order valence-corrected chi connectivity index (χ1v) is 7.13. The molecule has 0 atom stereocenters. The topological polar surface area (TPSA) is 42.0 Å². The fourth-order valence-electron chi connectivity index (χ4n) is 1.59. The lowest BCUT2D eigenvalue weighted by molar-refractivity contribution is -0.115. The van der Waals surface area contributed by atoms with Crippen LogP contribution in [-0.4, -0.2) is 16.6 Å². The van der Waals surface area contributed by atoms with Crippen LogP contribution in [0, 0.1) is 6.92 Å². The van der Waals surface area contributed by atoms with Crippen LogP contribution in [0.15, 0.2) is 53.6 Å². The summed E-state index contributed by atoms with van der Waals surface area (Å²) in [4.78, 5) is 17.1. The van der Waals surface area contributed by atoms with E-state index in [1.807, 2.05) is 49.4 Å². The quantitative estimate of drug-likeness (QED) is 0.847. The molecule has 4 heteroatoms. The number of carbonyl (C=O) groups excluding carboxylic acids is 1. The average Bonchev–Trinajstić information content (AvgIpc) is 2.43. The van der Waals surface area contributed by atoms with Crippen LogP contribution in [0.1, 0.15) is 12.0 Å². The molecule has 0 aliphatic heterocycles. The van der Waals surface area contributed by atoms with E-state index in [1.165, 1.54) is 4.90 Å². The first-order valence-electron chi connectivity index (χ1n) is 6.15. The number of nitrogens with zero attached hydrogens (tertiary/aromatic N) is 1. The van der Waals surface area contributed by atoms with Gasteiger partial charge in [0.25, 0.3) is 0 Å². The summed E-state index contributed by atoms with van der Waals surface area (Å²) in [6, 6.07) is 13.9. The number of hydrogen-bond acceptors (Lipinski definition) is 3. The van der Waals surface area contributed by atoms with E-state index < -0.39 is 0 Å². The first-order chi connectivity index (χ1) is 9.25. The van der Waals surface area contributed by atoms with Gasteiger partial charge in [0, 0.05) is 23.3 Å². The van der Waals surface area contributed by atoms with E-state index in [9.17, 15) is 4.79 Å². The molecular weight excluding hydrogens is 256 g/mol. The first kappa shape index (κ1) is 13.6. The molecule has 0 saturated heterocycles. The molecule has 1 aromatic heterocycles. The van der Waals surface area contributed by atoms with Crippen molar-refractivity contribution in [2.75, 3.05) is 11.1 Å². The Balaban J connectivity index is 1.78. The van der Waals surface area contributed by atoms with Crippen molar-refractivity contribution in [2.24, 2.45) is 0 Å². The summed E-state index contributed by atoms with van der Waals surface area (Å²) in [5, 5.41) is 2.83. The minimum absolute atomic E-state index is 0.00484. The number of amides is 1. The van der Waals surface area contributed by atoms with E-state index in [1.54, 1.807) is 18.0 Å². The van der Waals surface area contributed by atoms with Gasteiger partial charge in [-0.1, -0.05) is 24.3 Å². The Morgan fingerprint density at radius 1 is 1.21 bits per heavy atom. The lowest BCUT2D eigenvalue weighted by Crippen LogP contribution is -2.14. The number of pyridine rings is 1. The second-order valence-corrected chi connectivity index (χ2v) is 5.30. The number of benzene rings is 1. The molecule has 19 heavy (non-hydrogen) atoms. The van der Waals surface area contributed by atoms with Gasteiger partial charge < -0.3 is 5.32 Å². The van der Waals surface area contributed by atoms with Gasteiger partial charge in [-0.2, -0.15) is 0 Å². The molecule has 3 nitrogen and oxygen atoms in total. The van der Waals surface area contributed by atoms with E-state index in [0.717, 1.165) is 11.3 Å². The maximum atomic E-state index is 11.8. The van der Waals surface area contributed by atoms with Gasteiger partial charge in [-0.25, -0.2) is 4.98 Å². The molecule has 1 N–H and O–H groups in total. The third kappa shape index (κ3) is 4.41. The van der Waals surface area contributed by atoms with E-state index in [4.69, 9.17) is 0 Å². The molecule has 0 saturated carbocycles.